The molecule has 1 aromatic heterocycles. The monoisotopic (exact) mass is 399 g/mol. The average Bonchev–Trinajstić information content (AvgIpc) is 2.94. The van der Waals surface area contributed by atoms with Crippen LogP contribution in [0.15, 0.2) is 41.5 Å². The van der Waals surface area contributed by atoms with E-state index in [1.165, 1.54) is 0 Å². The number of hydrogen-bond donors (Lipinski definition) is 2. The minimum Gasteiger partial charge on any atom is -0.357 e. The van der Waals surface area contributed by atoms with Crippen LogP contribution in [0.3, 0.4) is 0 Å². The Morgan fingerprint density at radius 1 is 1.33 bits per heavy atom. The lowest BCUT2D eigenvalue weighted by molar-refractivity contribution is 0.466. The normalized spacial score (nSPS) is 10.9. The van der Waals surface area contributed by atoms with Crippen molar-refractivity contribution in [2.24, 2.45) is 4.99 Å². The average molecular weight is 399 g/mol. The number of imidazole rings is 1. The molecule has 2 aromatic rings. The van der Waals surface area contributed by atoms with Gasteiger partial charge in [0.2, 0.25) is 0 Å². The van der Waals surface area contributed by atoms with E-state index in [0.29, 0.717) is 6.54 Å². The van der Waals surface area contributed by atoms with Gasteiger partial charge in [-0.15, -0.1) is 24.0 Å². The van der Waals surface area contributed by atoms with Crippen LogP contribution in [0.2, 0.25) is 0 Å². The lowest BCUT2D eigenvalue weighted by atomic mass is 10.2. The van der Waals surface area contributed by atoms with E-state index in [1.54, 1.807) is 7.05 Å². The number of nitrogens with zero attached hydrogens (tertiary/aromatic N) is 3. The van der Waals surface area contributed by atoms with Gasteiger partial charge in [0.05, 0.1) is 18.4 Å². The minimum absolute atomic E-state index is 0. The number of nitrogens with one attached hydrogen (secondary N) is 2. The standard InChI is InChI=1S/C15H21N5.HI/c1-4-17-15(16-2)20(3)11-14-18-10-13(19-14)12-8-6-5-7-9-12;/h5-10H,4,11H2,1-3H3,(H,16,17)(H,18,19);1H. The second-order valence-corrected chi connectivity index (χ2v) is 4.54. The number of aromatic nitrogens is 2. The third-order valence-electron chi connectivity index (χ3n) is 3.01. The van der Waals surface area contributed by atoms with Gasteiger partial charge in [-0.25, -0.2) is 4.98 Å². The van der Waals surface area contributed by atoms with Crippen molar-refractivity contribution in [2.45, 2.75) is 13.5 Å². The number of aromatic amines is 1. The van der Waals surface area contributed by atoms with Crippen LogP contribution in [0.25, 0.3) is 11.3 Å². The fourth-order valence-corrected chi connectivity index (χ4v) is 2.05. The van der Waals surface area contributed by atoms with Gasteiger partial charge in [0.25, 0.3) is 0 Å². The maximum atomic E-state index is 4.43. The number of guanidine groups is 1. The Morgan fingerprint density at radius 3 is 2.67 bits per heavy atom. The first-order valence-electron chi connectivity index (χ1n) is 6.75. The third kappa shape index (κ3) is 4.73. The first-order valence-corrected chi connectivity index (χ1v) is 6.75. The Balaban J connectivity index is 0.00000220. The van der Waals surface area contributed by atoms with Gasteiger partial charge in [0, 0.05) is 20.6 Å². The number of halogens is 1. The Bertz CT molecular complexity index is 564. The van der Waals surface area contributed by atoms with Crippen molar-refractivity contribution in [1.29, 1.82) is 0 Å². The Hall–Kier alpha value is -1.57. The first-order chi connectivity index (χ1) is 9.74. The van der Waals surface area contributed by atoms with Crippen LogP contribution in [-0.4, -0.2) is 41.5 Å². The van der Waals surface area contributed by atoms with Gasteiger partial charge in [-0.3, -0.25) is 4.99 Å². The molecule has 2 rings (SSSR count). The second-order valence-electron chi connectivity index (χ2n) is 4.54. The van der Waals surface area contributed by atoms with Gasteiger partial charge in [-0.2, -0.15) is 0 Å². The highest BCUT2D eigenvalue weighted by molar-refractivity contribution is 14.0. The van der Waals surface area contributed by atoms with E-state index < -0.39 is 0 Å². The van der Waals surface area contributed by atoms with Crippen molar-refractivity contribution in [1.82, 2.24) is 20.2 Å². The van der Waals surface area contributed by atoms with E-state index in [4.69, 9.17) is 0 Å². The predicted octanol–water partition coefficient (Wildman–Crippen LogP) is 2.72. The van der Waals surface area contributed by atoms with Crippen molar-refractivity contribution in [3.8, 4) is 11.3 Å². The highest BCUT2D eigenvalue weighted by Crippen LogP contribution is 2.16. The van der Waals surface area contributed by atoms with Crippen LogP contribution in [0.5, 0.6) is 0 Å². The molecule has 0 fully saturated rings. The Morgan fingerprint density at radius 2 is 2.05 bits per heavy atom. The van der Waals surface area contributed by atoms with Crippen LogP contribution in [0.4, 0.5) is 0 Å². The molecule has 0 atom stereocenters. The summed E-state index contributed by atoms with van der Waals surface area (Å²) in [7, 11) is 3.78. The molecule has 0 aliphatic carbocycles. The molecular weight excluding hydrogens is 377 g/mol. The lowest BCUT2D eigenvalue weighted by Crippen LogP contribution is -2.38. The summed E-state index contributed by atoms with van der Waals surface area (Å²) < 4.78 is 0. The summed E-state index contributed by atoms with van der Waals surface area (Å²) in [6.07, 6.45) is 1.87. The van der Waals surface area contributed by atoms with Gasteiger partial charge < -0.3 is 15.2 Å². The van der Waals surface area contributed by atoms with E-state index >= 15 is 0 Å². The molecule has 0 bridgehead atoms. The largest absolute Gasteiger partial charge is 0.357 e. The van der Waals surface area contributed by atoms with Crippen LogP contribution in [-0.2, 0) is 6.54 Å². The van der Waals surface area contributed by atoms with Crippen molar-refractivity contribution < 1.29 is 0 Å². The van der Waals surface area contributed by atoms with Crippen molar-refractivity contribution in [3.63, 3.8) is 0 Å². The maximum absolute atomic E-state index is 4.43. The lowest BCUT2D eigenvalue weighted by Gasteiger charge is -2.20. The van der Waals surface area contributed by atoms with E-state index in [0.717, 1.165) is 29.6 Å². The molecule has 1 heterocycles. The van der Waals surface area contributed by atoms with Gasteiger partial charge in [0.1, 0.15) is 5.82 Å². The molecule has 0 saturated heterocycles. The van der Waals surface area contributed by atoms with Gasteiger partial charge in [-0.1, -0.05) is 30.3 Å². The van der Waals surface area contributed by atoms with E-state index in [2.05, 4.69) is 39.3 Å². The molecule has 6 heteroatoms. The topological polar surface area (TPSA) is 56.3 Å². The zero-order valence-electron chi connectivity index (χ0n) is 12.6. The Labute approximate surface area is 142 Å². The summed E-state index contributed by atoms with van der Waals surface area (Å²) in [5, 5.41) is 3.23. The quantitative estimate of drug-likeness (QED) is 0.472. The molecule has 0 unspecified atom stereocenters. The number of benzene rings is 1. The van der Waals surface area contributed by atoms with Gasteiger partial charge in [-0.05, 0) is 12.5 Å². The zero-order valence-corrected chi connectivity index (χ0v) is 15.0. The van der Waals surface area contributed by atoms with Crippen molar-refractivity contribution in [3.05, 3.63) is 42.4 Å². The molecule has 2 N–H and O–H groups in total. The van der Waals surface area contributed by atoms with Crippen LogP contribution >= 0.6 is 24.0 Å². The summed E-state index contributed by atoms with van der Waals surface area (Å²) in [5.74, 6) is 1.79. The van der Waals surface area contributed by atoms with Crippen LogP contribution < -0.4 is 5.32 Å². The van der Waals surface area contributed by atoms with E-state index in [1.807, 2.05) is 36.3 Å². The van der Waals surface area contributed by atoms with Gasteiger partial charge >= 0.3 is 0 Å². The molecule has 0 aliphatic heterocycles. The molecule has 114 valence electrons. The zero-order chi connectivity index (χ0) is 14.4. The highest BCUT2D eigenvalue weighted by Gasteiger charge is 2.08. The smallest absolute Gasteiger partial charge is 0.193 e. The van der Waals surface area contributed by atoms with Crippen molar-refractivity contribution >= 4 is 29.9 Å². The molecule has 0 amide bonds. The van der Waals surface area contributed by atoms with E-state index in [9.17, 15) is 0 Å². The van der Waals surface area contributed by atoms with Crippen molar-refractivity contribution in [2.75, 3.05) is 20.6 Å². The molecular formula is C15H22IN5. The molecule has 0 saturated carbocycles. The molecule has 5 nitrogen and oxygen atoms in total. The fraction of sp³-hybridized carbons (Fsp3) is 0.333. The summed E-state index contributed by atoms with van der Waals surface area (Å²) in [6.45, 7) is 3.59. The summed E-state index contributed by atoms with van der Waals surface area (Å²) >= 11 is 0. The summed E-state index contributed by atoms with van der Waals surface area (Å²) in [4.78, 5) is 14.0. The Kier molecular flexibility index (Phi) is 7.21. The molecule has 0 radical (unpaired) electrons. The predicted molar refractivity (Wildman–Crippen MR) is 97.9 cm³/mol. The minimum atomic E-state index is 0. The number of aliphatic imine (C=N–C) groups is 1. The number of rotatable bonds is 4. The van der Waals surface area contributed by atoms with Gasteiger partial charge in [0.15, 0.2) is 5.96 Å². The second kappa shape index (κ2) is 8.66. The summed E-state index contributed by atoms with van der Waals surface area (Å²) in [5.41, 5.74) is 2.18. The third-order valence-corrected chi connectivity index (χ3v) is 3.01. The molecule has 0 spiro atoms. The molecule has 0 aliphatic rings. The van der Waals surface area contributed by atoms with E-state index in [-0.39, 0.29) is 24.0 Å². The highest BCUT2D eigenvalue weighted by atomic mass is 127. The molecule has 21 heavy (non-hydrogen) atoms. The van der Waals surface area contributed by atoms with Crippen LogP contribution in [0, 0.1) is 0 Å². The SMILES string of the molecule is CCNC(=NC)N(C)Cc1ncc(-c2ccccc2)[nH]1.I. The fourth-order valence-electron chi connectivity index (χ4n) is 2.05. The molecule has 1 aromatic carbocycles. The maximum Gasteiger partial charge on any atom is 0.193 e. The first kappa shape index (κ1) is 17.5. The summed E-state index contributed by atoms with van der Waals surface area (Å²) in [6, 6.07) is 10.2. The number of hydrogen-bond acceptors (Lipinski definition) is 2. The number of H-pyrrole nitrogens is 1. The van der Waals surface area contributed by atoms with Crippen LogP contribution in [0.1, 0.15) is 12.7 Å².